The number of unbranched alkanes of at least 4 members (excludes halogenated alkanes) is 3. The highest BCUT2D eigenvalue weighted by Gasteiger charge is 2.29. The molecule has 0 unspecified atom stereocenters. The van der Waals surface area contributed by atoms with Crippen molar-refractivity contribution in [1.29, 1.82) is 0 Å². The summed E-state index contributed by atoms with van der Waals surface area (Å²) in [5.41, 5.74) is 8.89. The standard InChI is InChI=1S/C21H21N3O2S/c22-12-4-2-1-3-11-17(25)23-15-9-5-7-13-18(15)21(26)14-8-6-10-16-19(14)20(13)24-27-16/h5-10H,1-4,11-12,22H2,(H,23,25). The molecule has 1 amide bonds. The number of fused-ring (bicyclic) bond motifs is 2. The van der Waals surface area contributed by atoms with E-state index in [0.717, 1.165) is 47.0 Å². The van der Waals surface area contributed by atoms with Crippen LogP contribution in [0.4, 0.5) is 5.69 Å². The van der Waals surface area contributed by atoms with Crippen LogP contribution in [0.3, 0.4) is 0 Å². The fourth-order valence-electron chi connectivity index (χ4n) is 3.59. The van der Waals surface area contributed by atoms with E-state index in [0.29, 0.717) is 29.8 Å². The first kappa shape index (κ1) is 17.8. The molecule has 1 aliphatic carbocycles. The van der Waals surface area contributed by atoms with Gasteiger partial charge in [-0.2, -0.15) is 4.37 Å². The van der Waals surface area contributed by atoms with Crippen molar-refractivity contribution in [3.05, 3.63) is 47.5 Å². The molecule has 1 heterocycles. The molecule has 27 heavy (non-hydrogen) atoms. The number of anilines is 1. The predicted molar refractivity (Wildman–Crippen MR) is 109 cm³/mol. The van der Waals surface area contributed by atoms with Gasteiger partial charge in [0.15, 0.2) is 5.78 Å². The van der Waals surface area contributed by atoms with Crippen LogP contribution in [-0.4, -0.2) is 22.6 Å². The Hall–Kier alpha value is -2.57. The van der Waals surface area contributed by atoms with Crippen molar-refractivity contribution >= 4 is 39.0 Å². The number of carbonyl (C=O) groups is 2. The van der Waals surface area contributed by atoms with Crippen molar-refractivity contribution in [3.63, 3.8) is 0 Å². The van der Waals surface area contributed by atoms with Crippen LogP contribution in [0.15, 0.2) is 36.4 Å². The molecule has 3 aromatic rings. The first-order valence-corrected chi connectivity index (χ1v) is 10.0. The van der Waals surface area contributed by atoms with Gasteiger partial charge >= 0.3 is 0 Å². The van der Waals surface area contributed by atoms with Crippen LogP contribution in [0.1, 0.15) is 48.0 Å². The third-order valence-electron chi connectivity index (χ3n) is 4.92. The first-order chi connectivity index (χ1) is 13.2. The van der Waals surface area contributed by atoms with E-state index in [-0.39, 0.29) is 11.7 Å². The van der Waals surface area contributed by atoms with Crippen LogP contribution >= 0.6 is 11.5 Å². The highest BCUT2D eigenvalue weighted by Crippen LogP contribution is 2.42. The molecule has 4 rings (SSSR count). The Morgan fingerprint density at radius 2 is 1.81 bits per heavy atom. The van der Waals surface area contributed by atoms with E-state index in [4.69, 9.17) is 5.73 Å². The van der Waals surface area contributed by atoms with E-state index >= 15 is 0 Å². The SMILES string of the molecule is NCCCCCCC(=O)Nc1cccc2c1C(=O)c1cccc3snc-2c13. The molecule has 3 N–H and O–H groups in total. The molecule has 1 aliphatic rings. The fraction of sp³-hybridized carbons (Fsp3) is 0.286. The van der Waals surface area contributed by atoms with Gasteiger partial charge in [0.2, 0.25) is 5.91 Å². The van der Waals surface area contributed by atoms with Gasteiger partial charge in [0.1, 0.15) is 0 Å². The molecular formula is C21H21N3O2S. The second-order valence-electron chi connectivity index (χ2n) is 6.77. The summed E-state index contributed by atoms with van der Waals surface area (Å²) in [6, 6.07) is 11.3. The zero-order valence-corrected chi connectivity index (χ0v) is 15.8. The average molecular weight is 379 g/mol. The number of benzene rings is 2. The van der Waals surface area contributed by atoms with E-state index in [1.165, 1.54) is 11.5 Å². The Bertz CT molecular complexity index is 1030. The number of aromatic nitrogens is 1. The summed E-state index contributed by atoms with van der Waals surface area (Å²) >= 11 is 1.40. The number of hydrogen-bond acceptors (Lipinski definition) is 5. The molecule has 0 radical (unpaired) electrons. The van der Waals surface area contributed by atoms with Gasteiger partial charge in [-0.1, -0.05) is 37.1 Å². The molecule has 0 atom stereocenters. The summed E-state index contributed by atoms with van der Waals surface area (Å²) in [6.07, 6.45) is 4.29. The minimum absolute atomic E-state index is 0.0536. The maximum Gasteiger partial charge on any atom is 0.224 e. The van der Waals surface area contributed by atoms with E-state index in [1.807, 2.05) is 30.3 Å². The lowest BCUT2D eigenvalue weighted by atomic mass is 9.86. The third kappa shape index (κ3) is 3.26. The Morgan fingerprint density at radius 3 is 2.67 bits per heavy atom. The number of amides is 1. The Balaban J connectivity index is 1.60. The minimum Gasteiger partial charge on any atom is -0.330 e. The van der Waals surface area contributed by atoms with Gasteiger partial charge in [0, 0.05) is 22.9 Å². The van der Waals surface area contributed by atoms with E-state index in [2.05, 4.69) is 9.69 Å². The minimum atomic E-state index is -0.0637. The highest BCUT2D eigenvalue weighted by atomic mass is 32.1. The summed E-state index contributed by atoms with van der Waals surface area (Å²) in [5, 5.41) is 3.86. The molecule has 138 valence electrons. The maximum absolute atomic E-state index is 13.1. The zero-order valence-electron chi connectivity index (χ0n) is 15.0. The quantitative estimate of drug-likeness (QED) is 0.467. The molecule has 0 fully saturated rings. The van der Waals surface area contributed by atoms with Crippen molar-refractivity contribution in [3.8, 4) is 11.3 Å². The van der Waals surface area contributed by atoms with Crippen LogP contribution in [0.5, 0.6) is 0 Å². The molecule has 2 aromatic carbocycles. The largest absolute Gasteiger partial charge is 0.330 e. The highest BCUT2D eigenvalue weighted by molar-refractivity contribution is 7.13. The van der Waals surface area contributed by atoms with Gasteiger partial charge in [-0.15, -0.1) is 0 Å². The van der Waals surface area contributed by atoms with Crippen molar-refractivity contribution in [2.75, 3.05) is 11.9 Å². The van der Waals surface area contributed by atoms with Crippen molar-refractivity contribution < 1.29 is 9.59 Å². The van der Waals surface area contributed by atoms with Crippen LogP contribution in [0.2, 0.25) is 0 Å². The molecule has 0 saturated heterocycles. The summed E-state index contributed by atoms with van der Waals surface area (Å²) in [7, 11) is 0. The lowest BCUT2D eigenvalue weighted by Crippen LogP contribution is -2.17. The number of nitrogens with one attached hydrogen (secondary N) is 1. The second-order valence-corrected chi connectivity index (χ2v) is 7.57. The Labute approximate surface area is 161 Å². The smallest absolute Gasteiger partial charge is 0.224 e. The van der Waals surface area contributed by atoms with E-state index < -0.39 is 0 Å². The number of ketones is 1. The molecule has 0 spiro atoms. The molecule has 6 heteroatoms. The van der Waals surface area contributed by atoms with Gasteiger partial charge < -0.3 is 11.1 Å². The molecule has 0 bridgehead atoms. The summed E-state index contributed by atoms with van der Waals surface area (Å²) in [5.74, 6) is -0.117. The van der Waals surface area contributed by atoms with Gasteiger partial charge in [-0.05, 0) is 43.1 Å². The van der Waals surface area contributed by atoms with Gasteiger partial charge in [-0.25, -0.2) is 0 Å². The first-order valence-electron chi connectivity index (χ1n) is 9.27. The lowest BCUT2D eigenvalue weighted by molar-refractivity contribution is -0.116. The van der Waals surface area contributed by atoms with Gasteiger partial charge in [0.05, 0.1) is 21.6 Å². The summed E-state index contributed by atoms with van der Waals surface area (Å²) in [4.78, 5) is 25.5. The van der Waals surface area contributed by atoms with Crippen LogP contribution in [0, 0.1) is 0 Å². The number of rotatable bonds is 7. The van der Waals surface area contributed by atoms with E-state index in [1.54, 1.807) is 6.07 Å². The van der Waals surface area contributed by atoms with Crippen LogP contribution in [0.25, 0.3) is 21.3 Å². The van der Waals surface area contributed by atoms with Crippen molar-refractivity contribution in [2.24, 2.45) is 5.73 Å². The van der Waals surface area contributed by atoms with Crippen molar-refractivity contribution in [1.82, 2.24) is 4.37 Å². The van der Waals surface area contributed by atoms with Crippen molar-refractivity contribution in [2.45, 2.75) is 32.1 Å². The number of nitrogens with zero attached hydrogens (tertiary/aromatic N) is 1. The number of hydrogen-bond donors (Lipinski definition) is 2. The molecular weight excluding hydrogens is 358 g/mol. The van der Waals surface area contributed by atoms with Crippen LogP contribution < -0.4 is 11.1 Å². The predicted octanol–water partition coefficient (Wildman–Crippen LogP) is 4.36. The topological polar surface area (TPSA) is 85.1 Å². The molecule has 1 aromatic heterocycles. The lowest BCUT2D eigenvalue weighted by Gasteiger charge is -2.18. The normalized spacial score (nSPS) is 12.3. The van der Waals surface area contributed by atoms with Gasteiger partial charge in [0.25, 0.3) is 0 Å². The van der Waals surface area contributed by atoms with Crippen LogP contribution in [-0.2, 0) is 4.79 Å². The Kier molecular flexibility index (Phi) is 5.01. The van der Waals surface area contributed by atoms with E-state index in [9.17, 15) is 9.59 Å². The second kappa shape index (κ2) is 7.58. The molecule has 0 saturated carbocycles. The summed E-state index contributed by atoms with van der Waals surface area (Å²) in [6.45, 7) is 0.690. The summed E-state index contributed by atoms with van der Waals surface area (Å²) < 4.78 is 5.57. The third-order valence-corrected chi connectivity index (χ3v) is 5.73. The average Bonchev–Trinajstić information content (AvgIpc) is 3.11. The zero-order chi connectivity index (χ0) is 18.8. The van der Waals surface area contributed by atoms with Gasteiger partial charge in [-0.3, -0.25) is 9.59 Å². The molecule has 5 nitrogen and oxygen atoms in total. The molecule has 0 aliphatic heterocycles. The Morgan fingerprint density at radius 1 is 1.04 bits per heavy atom. The number of carbonyl (C=O) groups excluding carboxylic acids is 2. The maximum atomic E-state index is 13.1. The fourth-order valence-corrected chi connectivity index (χ4v) is 4.41. The number of nitrogens with two attached hydrogens (primary N) is 1. The monoisotopic (exact) mass is 379 g/mol.